The fourth-order valence-corrected chi connectivity index (χ4v) is 8.62. The highest BCUT2D eigenvalue weighted by atomic mass is 127. The van der Waals surface area contributed by atoms with Crippen molar-refractivity contribution >= 4 is 70.5 Å². The summed E-state index contributed by atoms with van der Waals surface area (Å²) in [6.07, 6.45) is 8.46. The predicted octanol–water partition coefficient (Wildman–Crippen LogP) is 8.20. The third kappa shape index (κ3) is 12.0. The number of hydrogen-bond donors (Lipinski definition) is 0. The van der Waals surface area contributed by atoms with Crippen molar-refractivity contribution in [1.29, 1.82) is 0 Å². The molecule has 10 heteroatoms. The van der Waals surface area contributed by atoms with E-state index in [2.05, 4.69) is 49.6 Å². The molecule has 0 N–H and O–H groups in total. The number of benzene rings is 4. The zero-order valence-corrected chi connectivity index (χ0v) is 38.0. The summed E-state index contributed by atoms with van der Waals surface area (Å²) < 4.78 is 2.28. The number of hydrogen-bond acceptors (Lipinski definition) is 7. The second-order valence-corrected chi connectivity index (χ2v) is 17.5. The van der Waals surface area contributed by atoms with Gasteiger partial charge in [0.25, 0.3) is 0 Å². The smallest absolute Gasteiger partial charge is 0.224 e. The number of ketones is 2. The second-order valence-electron chi connectivity index (χ2n) is 16.2. The summed E-state index contributed by atoms with van der Waals surface area (Å²) in [5.41, 5.74) is 8.06. The molecule has 0 bridgehead atoms. The zero-order chi connectivity index (χ0) is 43.4. The van der Waals surface area contributed by atoms with E-state index in [1.54, 1.807) is 0 Å². The van der Waals surface area contributed by atoms with Crippen LogP contribution in [-0.4, -0.2) is 125 Å². The van der Waals surface area contributed by atoms with E-state index in [0.29, 0.717) is 61.3 Å². The second kappa shape index (κ2) is 21.7. The maximum absolute atomic E-state index is 13.9. The van der Waals surface area contributed by atoms with E-state index < -0.39 is 0 Å². The van der Waals surface area contributed by atoms with E-state index in [9.17, 15) is 19.2 Å². The van der Waals surface area contributed by atoms with Gasteiger partial charge in [-0.2, -0.15) is 0 Å². The standard InChI is InChI=1S/C52H56IN5O4/c1-3-54(4-2)25-23-49(59)56-35-45(31-39-11-7-5-8-12-39)51(61)47(37-56)33-41-15-19-43(20-16-41)44-21-17-42(18-22-44)34-48-38-57(50(60)24-26-55-27-29-58(53)30-28-55)36-46(52(48)62)32-40-13-9-6-10-14-40/h5-22,31-34H,3-4,23-30,35-38H2,1-2H3/b45-31+,46-32+,47-33+,48-34+. The Labute approximate surface area is 380 Å². The van der Waals surface area contributed by atoms with Crippen molar-refractivity contribution in [3.05, 3.63) is 154 Å². The van der Waals surface area contributed by atoms with Gasteiger partial charge in [0, 0.05) is 123 Å². The van der Waals surface area contributed by atoms with Crippen LogP contribution in [0.4, 0.5) is 0 Å². The van der Waals surface area contributed by atoms with E-state index >= 15 is 0 Å². The van der Waals surface area contributed by atoms with Gasteiger partial charge in [-0.3, -0.25) is 19.2 Å². The predicted molar refractivity (Wildman–Crippen MR) is 259 cm³/mol. The molecular weight excluding hydrogens is 886 g/mol. The average molecular weight is 942 g/mol. The van der Waals surface area contributed by atoms with Crippen LogP contribution in [0.25, 0.3) is 35.4 Å². The third-order valence-electron chi connectivity index (χ3n) is 11.9. The minimum absolute atomic E-state index is 0.0314. The van der Waals surface area contributed by atoms with Crippen molar-refractivity contribution in [1.82, 2.24) is 22.7 Å². The minimum Gasteiger partial charge on any atom is -0.334 e. The number of nitrogens with zero attached hydrogens (tertiary/aromatic N) is 5. The molecular formula is C52H56IN5O4. The molecule has 0 spiro atoms. The lowest BCUT2D eigenvalue weighted by Gasteiger charge is -2.33. The summed E-state index contributed by atoms with van der Waals surface area (Å²) >= 11 is 2.36. The maximum atomic E-state index is 13.9. The molecule has 3 heterocycles. The summed E-state index contributed by atoms with van der Waals surface area (Å²) in [4.78, 5) is 63.1. The van der Waals surface area contributed by atoms with Crippen LogP contribution in [0, 0.1) is 0 Å². The highest BCUT2D eigenvalue weighted by Gasteiger charge is 2.31. The topological polar surface area (TPSA) is 84.5 Å². The highest BCUT2D eigenvalue weighted by Crippen LogP contribution is 2.27. The van der Waals surface area contributed by atoms with Gasteiger partial charge in [0.2, 0.25) is 11.8 Å². The van der Waals surface area contributed by atoms with Crippen molar-refractivity contribution in [3.63, 3.8) is 0 Å². The molecule has 7 rings (SSSR count). The van der Waals surface area contributed by atoms with Crippen LogP contribution in [0.3, 0.4) is 0 Å². The normalized spacial score (nSPS) is 19.4. The first kappa shape index (κ1) is 44.8. The monoisotopic (exact) mass is 941 g/mol. The average Bonchev–Trinajstić information content (AvgIpc) is 3.30. The van der Waals surface area contributed by atoms with Gasteiger partial charge in [-0.05, 0) is 70.8 Å². The van der Waals surface area contributed by atoms with E-state index in [-0.39, 0.29) is 36.5 Å². The number of piperazine rings is 1. The molecule has 0 saturated carbocycles. The fraction of sp³-hybridized carbons (Fsp3) is 0.308. The minimum atomic E-state index is -0.0348. The van der Waals surface area contributed by atoms with Crippen LogP contribution in [-0.2, 0) is 19.2 Å². The van der Waals surface area contributed by atoms with Crippen molar-refractivity contribution in [2.75, 3.05) is 78.5 Å². The Morgan fingerprint density at radius 2 is 0.903 bits per heavy atom. The summed E-state index contributed by atoms with van der Waals surface area (Å²) in [6, 6.07) is 35.8. The van der Waals surface area contributed by atoms with Gasteiger partial charge in [-0.1, -0.05) is 123 Å². The first-order valence-corrected chi connectivity index (χ1v) is 22.8. The number of likely N-dealkylation sites (tertiary alicyclic amines) is 2. The van der Waals surface area contributed by atoms with Crippen LogP contribution in [0.15, 0.2) is 131 Å². The van der Waals surface area contributed by atoms with Gasteiger partial charge in [0.05, 0.1) is 0 Å². The third-order valence-corrected chi connectivity index (χ3v) is 12.9. The number of rotatable bonds is 13. The lowest BCUT2D eigenvalue weighted by Crippen LogP contribution is -2.45. The van der Waals surface area contributed by atoms with Crippen molar-refractivity contribution in [2.24, 2.45) is 0 Å². The van der Waals surface area contributed by atoms with Gasteiger partial charge in [0.1, 0.15) is 0 Å². The number of carbonyl (C=O) groups is 4. The number of amides is 2. The van der Waals surface area contributed by atoms with E-state index in [1.165, 1.54) is 0 Å². The Balaban J connectivity index is 1.06. The Bertz CT molecular complexity index is 2330. The molecule has 0 atom stereocenters. The van der Waals surface area contributed by atoms with Gasteiger partial charge in [-0.15, -0.1) is 0 Å². The number of carbonyl (C=O) groups excluding carboxylic acids is 4. The molecule has 0 unspecified atom stereocenters. The molecule has 3 aliphatic heterocycles. The zero-order valence-electron chi connectivity index (χ0n) is 35.8. The summed E-state index contributed by atoms with van der Waals surface area (Å²) in [5, 5.41) is 0. The Hall–Kier alpha value is -5.27. The van der Waals surface area contributed by atoms with Crippen LogP contribution in [0.2, 0.25) is 0 Å². The van der Waals surface area contributed by atoms with Crippen molar-refractivity contribution in [3.8, 4) is 11.1 Å². The molecule has 62 heavy (non-hydrogen) atoms. The van der Waals surface area contributed by atoms with Gasteiger partial charge >= 0.3 is 0 Å². The van der Waals surface area contributed by atoms with E-state index in [1.807, 2.05) is 143 Å². The quantitative estimate of drug-likeness (QED) is 0.0760. The molecule has 3 aliphatic rings. The van der Waals surface area contributed by atoms with E-state index in [0.717, 1.165) is 72.6 Å². The molecule has 4 aromatic rings. The van der Waals surface area contributed by atoms with Crippen LogP contribution in [0.5, 0.6) is 0 Å². The number of halogens is 1. The molecule has 4 aromatic carbocycles. The van der Waals surface area contributed by atoms with Crippen molar-refractivity contribution < 1.29 is 19.2 Å². The molecule has 9 nitrogen and oxygen atoms in total. The maximum Gasteiger partial charge on any atom is 0.224 e. The Kier molecular flexibility index (Phi) is 15.7. The van der Waals surface area contributed by atoms with Gasteiger partial charge < -0.3 is 19.6 Å². The fourth-order valence-electron chi connectivity index (χ4n) is 8.19. The molecule has 0 aliphatic carbocycles. The summed E-state index contributed by atoms with van der Waals surface area (Å²) in [6.45, 7) is 12.4. The summed E-state index contributed by atoms with van der Waals surface area (Å²) in [7, 11) is 0. The lowest BCUT2D eigenvalue weighted by molar-refractivity contribution is -0.132. The molecule has 0 radical (unpaired) electrons. The SMILES string of the molecule is CCN(CC)CCC(=O)N1C/C(=C\c2ccccc2)C(=O)/C(=C/c2ccc(-c3ccc(/C=C4\CN(C(=O)CCN5CCN(I)CC5)C/C(=C\c5ccccc5)C4=O)cc3)cc2)C1. The Morgan fingerprint density at radius 3 is 1.29 bits per heavy atom. The van der Waals surface area contributed by atoms with Crippen LogP contribution >= 0.6 is 22.9 Å². The molecule has 3 fully saturated rings. The largest absolute Gasteiger partial charge is 0.334 e. The molecule has 0 aromatic heterocycles. The van der Waals surface area contributed by atoms with E-state index in [4.69, 9.17) is 0 Å². The number of piperidine rings is 2. The van der Waals surface area contributed by atoms with Gasteiger partial charge in [0.15, 0.2) is 11.6 Å². The molecule has 2 amide bonds. The molecule has 3 saturated heterocycles. The van der Waals surface area contributed by atoms with Crippen molar-refractivity contribution in [2.45, 2.75) is 26.7 Å². The van der Waals surface area contributed by atoms with Gasteiger partial charge in [-0.25, -0.2) is 3.11 Å². The molecule has 320 valence electrons. The lowest BCUT2D eigenvalue weighted by atomic mass is 9.93. The summed E-state index contributed by atoms with van der Waals surface area (Å²) in [5.74, 6) is 0.0360. The van der Waals surface area contributed by atoms with Crippen LogP contribution < -0.4 is 0 Å². The Morgan fingerprint density at radius 1 is 0.532 bits per heavy atom. The highest BCUT2D eigenvalue weighted by molar-refractivity contribution is 14.1. The first-order valence-electron chi connectivity index (χ1n) is 21.8. The van der Waals surface area contributed by atoms with Crippen LogP contribution in [0.1, 0.15) is 48.9 Å². The number of Topliss-reactive ketones (excluding diaryl/α,β-unsaturated/α-hetero) is 2. The first-order chi connectivity index (χ1) is 30.1.